The minimum Gasteiger partial charge on any atom is -0.347 e. The topological polar surface area (TPSA) is 6.48 Å². The van der Waals surface area contributed by atoms with Crippen molar-refractivity contribution in [2.24, 2.45) is 0 Å². The third kappa shape index (κ3) is 2.96. The second kappa shape index (κ2) is 7.39. The number of benzene rings is 3. The number of hydrogen-bond acceptors (Lipinski definition) is 2. The third-order valence-electron chi connectivity index (χ3n) is 7.49. The van der Waals surface area contributed by atoms with Crippen molar-refractivity contribution >= 4 is 5.69 Å². The van der Waals surface area contributed by atoms with Crippen molar-refractivity contribution in [1.29, 1.82) is 0 Å². The summed E-state index contributed by atoms with van der Waals surface area (Å²) in [5.74, 6) is 0. The zero-order valence-electron chi connectivity index (χ0n) is 19.2. The van der Waals surface area contributed by atoms with Crippen LogP contribution in [0, 0.1) is 20.8 Å². The monoisotopic (exact) mass is 408 g/mol. The third-order valence-corrected chi connectivity index (χ3v) is 7.49. The van der Waals surface area contributed by atoms with Gasteiger partial charge in [0.2, 0.25) is 0 Å². The number of aryl methyl sites for hydroxylation is 3. The highest BCUT2D eigenvalue weighted by molar-refractivity contribution is 5.60. The van der Waals surface area contributed by atoms with E-state index in [0.29, 0.717) is 12.1 Å². The Balaban J connectivity index is 1.75. The first-order valence-electron chi connectivity index (χ1n) is 11.4. The molecular weight excluding hydrogens is 376 g/mol. The molecule has 2 aliphatic heterocycles. The van der Waals surface area contributed by atoms with Crippen LogP contribution in [0.15, 0.2) is 84.9 Å². The molecule has 0 amide bonds. The van der Waals surface area contributed by atoms with Crippen LogP contribution in [0.25, 0.3) is 0 Å². The molecule has 0 aromatic heterocycles. The van der Waals surface area contributed by atoms with E-state index in [2.05, 4.69) is 129 Å². The van der Waals surface area contributed by atoms with Crippen LogP contribution in [-0.4, -0.2) is 17.0 Å². The Morgan fingerprint density at radius 3 is 2.03 bits per heavy atom. The standard InChI is InChI=1S/C29H32N2/c1-20-12-9-10-17-25(20)30-23(4)26-18-19-29(5,24-15-7-6-8-16-24)31(26)28(30)27-21(2)13-11-14-22(27)3/h6-19,23,26,28H,1-5H3/t23-,26?,28?,29?/m0/s1. The van der Waals surface area contributed by atoms with Gasteiger partial charge in [-0.1, -0.05) is 78.9 Å². The van der Waals surface area contributed by atoms with Crippen LogP contribution in [0.3, 0.4) is 0 Å². The summed E-state index contributed by atoms with van der Waals surface area (Å²) in [6.07, 6.45) is 5.04. The molecule has 3 aromatic carbocycles. The number of fused-ring (bicyclic) bond motifs is 1. The molecule has 3 aromatic rings. The van der Waals surface area contributed by atoms with Crippen molar-refractivity contribution in [1.82, 2.24) is 4.90 Å². The molecule has 0 saturated carbocycles. The Hall–Kier alpha value is -2.84. The molecule has 2 heteroatoms. The van der Waals surface area contributed by atoms with Crippen molar-refractivity contribution < 1.29 is 0 Å². The van der Waals surface area contributed by atoms with E-state index in [1.54, 1.807) is 0 Å². The van der Waals surface area contributed by atoms with E-state index in [4.69, 9.17) is 0 Å². The highest BCUT2D eigenvalue weighted by Gasteiger charge is 2.55. The quantitative estimate of drug-likeness (QED) is 0.446. The van der Waals surface area contributed by atoms with Crippen LogP contribution in [0.2, 0.25) is 0 Å². The summed E-state index contributed by atoms with van der Waals surface area (Å²) in [7, 11) is 0. The molecule has 0 bridgehead atoms. The SMILES string of the molecule is Cc1ccccc1N1C(c2c(C)cccc2C)N2C(C=CC2(C)c2ccccc2)[C@@H]1C. The fraction of sp³-hybridized carbons (Fsp3) is 0.310. The predicted octanol–water partition coefficient (Wildman–Crippen LogP) is 6.67. The Bertz CT molecular complexity index is 1110. The Morgan fingerprint density at radius 1 is 0.742 bits per heavy atom. The molecule has 0 N–H and O–H groups in total. The maximum atomic E-state index is 2.74. The minimum atomic E-state index is -0.156. The van der Waals surface area contributed by atoms with Crippen molar-refractivity contribution in [2.75, 3.05) is 4.90 Å². The van der Waals surface area contributed by atoms with Gasteiger partial charge in [-0.25, -0.2) is 0 Å². The molecule has 2 nitrogen and oxygen atoms in total. The molecule has 2 aliphatic rings. The van der Waals surface area contributed by atoms with Gasteiger partial charge in [-0.2, -0.15) is 0 Å². The van der Waals surface area contributed by atoms with Crippen LogP contribution >= 0.6 is 0 Å². The molecule has 0 radical (unpaired) electrons. The molecule has 31 heavy (non-hydrogen) atoms. The molecule has 0 aliphatic carbocycles. The van der Waals surface area contributed by atoms with Gasteiger partial charge < -0.3 is 4.90 Å². The van der Waals surface area contributed by atoms with Gasteiger partial charge in [0.05, 0.1) is 11.6 Å². The maximum absolute atomic E-state index is 2.74. The number of hydrogen-bond donors (Lipinski definition) is 0. The summed E-state index contributed by atoms with van der Waals surface area (Å²) in [6.45, 7) is 11.5. The van der Waals surface area contributed by atoms with E-state index in [1.165, 1.54) is 33.5 Å². The summed E-state index contributed by atoms with van der Waals surface area (Å²) >= 11 is 0. The Labute approximate surface area is 186 Å². The highest BCUT2D eigenvalue weighted by atomic mass is 15.5. The summed E-state index contributed by atoms with van der Waals surface area (Å²) in [4.78, 5) is 5.41. The number of nitrogens with zero attached hydrogens (tertiary/aromatic N) is 2. The van der Waals surface area contributed by atoms with Gasteiger partial charge in [0.1, 0.15) is 6.17 Å². The van der Waals surface area contributed by atoms with Crippen molar-refractivity contribution in [2.45, 2.75) is 58.4 Å². The second-order valence-corrected chi connectivity index (χ2v) is 9.38. The molecule has 5 rings (SSSR count). The van der Waals surface area contributed by atoms with E-state index in [-0.39, 0.29) is 11.7 Å². The molecule has 1 saturated heterocycles. The fourth-order valence-corrected chi connectivity index (χ4v) is 5.84. The largest absolute Gasteiger partial charge is 0.347 e. The van der Waals surface area contributed by atoms with E-state index >= 15 is 0 Å². The Kier molecular flexibility index (Phi) is 4.79. The lowest BCUT2D eigenvalue weighted by atomic mass is 9.89. The summed E-state index contributed by atoms with van der Waals surface area (Å²) in [5, 5.41) is 0. The van der Waals surface area contributed by atoms with Gasteiger partial charge in [-0.15, -0.1) is 0 Å². The number of rotatable bonds is 3. The minimum absolute atomic E-state index is 0.156. The van der Waals surface area contributed by atoms with Crippen LogP contribution < -0.4 is 4.90 Å². The normalized spacial score (nSPS) is 27.6. The molecule has 2 heterocycles. The van der Waals surface area contributed by atoms with Gasteiger partial charge in [0, 0.05) is 11.7 Å². The highest BCUT2D eigenvalue weighted by Crippen LogP contribution is 2.53. The number of anilines is 1. The lowest BCUT2D eigenvalue weighted by Gasteiger charge is -2.43. The van der Waals surface area contributed by atoms with Crippen LogP contribution in [0.5, 0.6) is 0 Å². The second-order valence-electron chi connectivity index (χ2n) is 9.38. The lowest BCUT2D eigenvalue weighted by Crippen LogP contribution is -2.44. The first-order valence-corrected chi connectivity index (χ1v) is 11.4. The summed E-state index contributed by atoms with van der Waals surface area (Å²) in [6, 6.07) is 27.2. The zero-order valence-corrected chi connectivity index (χ0v) is 19.2. The van der Waals surface area contributed by atoms with Crippen LogP contribution in [0.4, 0.5) is 5.69 Å². The smallest absolute Gasteiger partial charge is 0.111 e. The average molecular weight is 409 g/mol. The van der Waals surface area contributed by atoms with Crippen LogP contribution in [-0.2, 0) is 5.54 Å². The van der Waals surface area contributed by atoms with Gasteiger partial charge in [0.15, 0.2) is 0 Å². The predicted molar refractivity (Wildman–Crippen MR) is 130 cm³/mol. The van der Waals surface area contributed by atoms with Gasteiger partial charge in [-0.3, -0.25) is 4.90 Å². The first-order chi connectivity index (χ1) is 14.9. The number of para-hydroxylation sites is 1. The molecular formula is C29H32N2. The van der Waals surface area contributed by atoms with E-state index < -0.39 is 0 Å². The van der Waals surface area contributed by atoms with Crippen molar-refractivity contribution in [3.8, 4) is 0 Å². The van der Waals surface area contributed by atoms with Crippen molar-refractivity contribution in [3.05, 3.63) is 113 Å². The van der Waals surface area contributed by atoms with E-state index in [0.717, 1.165) is 0 Å². The Morgan fingerprint density at radius 2 is 1.35 bits per heavy atom. The van der Waals surface area contributed by atoms with Gasteiger partial charge in [-0.05, 0) is 68.5 Å². The van der Waals surface area contributed by atoms with E-state index in [9.17, 15) is 0 Å². The summed E-state index contributed by atoms with van der Waals surface area (Å²) < 4.78 is 0. The lowest BCUT2D eigenvalue weighted by molar-refractivity contribution is 0.118. The fourth-order valence-electron chi connectivity index (χ4n) is 5.84. The van der Waals surface area contributed by atoms with Crippen molar-refractivity contribution in [3.63, 3.8) is 0 Å². The van der Waals surface area contributed by atoms with Gasteiger partial charge in [0.25, 0.3) is 0 Å². The maximum Gasteiger partial charge on any atom is 0.111 e. The molecule has 3 unspecified atom stereocenters. The average Bonchev–Trinajstić information content (AvgIpc) is 3.26. The molecule has 158 valence electrons. The summed E-state index contributed by atoms with van der Waals surface area (Å²) in [5.41, 5.74) is 8.02. The molecule has 4 atom stereocenters. The van der Waals surface area contributed by atoms with Crippen LogP contribution in [0.1, 0.15) is 47.8 Å². The first kappa shape index (κ1) is 20.1. The molecule has 0 spiro atoms. The molecule has 1 fully saturated rings. The van der Waals surface area contributed by atoms with Gasteiger partial charge >= 0.3 is 0 Å². The van der Waals surface area contributed by atoms with E-state index in [1.807, 2.05) is 0 Å². The zero-order chi connectivity index (χ0) is 21.8.